The molecule has 1 aliphatic rings. The van der Waals surface area contributed by atoms with Crippen LogP contribution in [0.3, 0.4) is 0 Å². The molecule has 0 saturated carbocycles. The zero-order valence-corrected chi connectivity index (χ0v) is 12.0. The van der Waals surface area contributed by atoms with Crippen LogP contribution in [-0.2, 0) is 11.2 Å². The molecular weight excluding hydrogens is 272 g/mol. The number of carboxylic acids is 1. The van der Waals surface area contributed by atoms with Crippen molar-refractivity contribution in [1.82, 2.24) is 10.6 Å². The van der Waals surface area contributed by atoms with Crippen LogP contribution in [0.25, 0.3) is 0 Å². The summed E-state index contributed by atoms with van der Waals surface area (Å²) in [6, 6.07) is 5.51. The highest BCUT2D eigenvalue weighted by molar-refractivity contribution is 5.75. The molecule has 0 saturated heterocycles. The molecule has 0 fully saturated rings. The molecule has 2 amide bonds. The summed E-state index contributed by atoms with van der Waals surface area (Å²) in [6.45, 7) is 0.128. The monoisotopic (exact) mass is 292 g/mol. The molecule has 1 aromatic carbocycles. The van der Waals surface area contributed by atoms with E-state index in [1.54, 1.807) is 7.11 Å². The van der Waals surface area contributed by atoms with E-state index < -0.39 is 5.97 Å². The first kappa shape index (κ1) is 15.2. The number of carbonyl (C=O) groups excluding carboxylic acids is 1. The molecule has 6 heteroatoms. The molecule has 1 unspecified atom stereocenters. The first-order valence-electron chi connectivity index (χ1n) is 7.03. The quantitative estimate of drug-likeness (QED) is 0.773. The van der Waals surface area contributed by atoms with Crippen molar-refractivity contribution in [3.8, 4) is 5.75 Å². The van der Waals surface area contributed by atoms with Gasteiger partial charge in [0.15, 0.2) is 0 Å². The average Bonchev–Trinajstić information content (AvgIpc) is 2.46. The second-order valence-electron chi connectivity index (χ2n) is 5.05. The Bertz CT molecular complexity index is 530. The minimum atomic E-state index is -0.926. The van der Waals surface area contributed by atoms with Crippen LogP contribution < -0.4 is 15.4 Å². The number of aliphatic carboxylic acids is 1. The number of fused-ring (bicyclic) bond motifs is 1. The molecule has 0 aliphatic heterocycles. The second kappa shape index (κ2) is 6.97. The maximum absolute atomic E-state index is 11.8. The first-order chi connectivity index (χ1) is 10.1. The number of urea groups is 1. The van der Waals surface area contributed by atoms with Crippen LogP contribution in [0, 0.1) is 0 Å². The van der Waals surface area contributed by atoms with E-state index in [4.69, 9.17) is 9.84 Å². The third kappa shape index (κ3) is 4.11. The molecule has 0 heterocycles. The van der Waals surface area contributed by atoms with Gasteiger partial charge in [0.2, 0.25) is 0 Å². The molecule has 3 N–H and O–H groups in total. The molecule has 0 radical (unpaired) electrons. The van der Waals surface area contributed by atoms with Crippen molar-refractivity contribution in [3.63, 3.8) is 0 Å². The highest BCUT2D eigenvalue weighted by Gasteiger charge is 2.22. The van der Waals surface area contributed by atoms with Crippen molar-refractivity contribution in [3.05, 3.63) is 29.3 Å². The number of carboxylic acid groups (broad SMARTS) is 1. The topological polar surface area (TPSA) is 87.7 Å². The Hall–Kier alpha value is -2.24. The van der Waals surface area contributed by atoms with Crippen LogP contribution in [0.5, 0.6) is 5.75 Å². The van der Waals surface area contributed by atoms with Crippen LogP contribution in [0.1, 0.15) is 36.4 Å². The van der Waals surface area contributed by atoms with Crippen molar-refractivity contribution in [2.75, 3.05) is 13.7 Å². The van der Waals surface area contributed by atoms with Crippen LogP contribution in [0.4, 0.5) is 4.79 Å². The van der Waals surface area contributed by atoms with Gasteiger partial charge in [-0.3, -0.25) is 4.79 Å². The Morgan fingerprint density at radius 2 is 2.24 bits per heavy atom. The van der Waals surface area contributed by atoms with Crippen LogP contribution >= 0.6 is 0 Å². The van der Waals surface area contributed by atoms with E-state index in [1.165, 1.54) is 5.56 Å². The van der Waals surface area contributed by atoms with Gasteiger partial charge in [-0.15, -0.1) is 0 Å². The minimum Gasteiger partial charge on any atom is -0.497 e. The standard InChI is InChI=1S/C15H20N2O4/c1-21-11-5-6-12-10(9-11)3-2-4-13(12)17-15(20)16-8-7-14(18)19/h5-6,9,13H,2-4,7-8H2,1H3,(H,18,19)(H2,16,17,20). The Morgan fingerprint density at radius 3 is 2.95 bits per heavy atom. The zero-order valence-electron chi connectivity index (χ0n) is 12.0. The van der Waals surface area contributed by atoms with Gasteiger partial charge in [0.1, 0.15) is 5.75 Å². The lowest BCUT2D eigenvalue weighted by Crippen LogP contribution is -2.39. The molecule has 21 heavy (non-hydrogen) atoms. The van der Waals surface area contributed by atoms with Crippen molar-refractivity contribution in [1.29, 1.82) is 0 Å². The molecule has 6 nitrogen and oxygen atoms in total. The van der Waals surface area contributed by atoms with Crippen LogP contribution in [0.2, 0.25) is 0 Å². The SMILES string of the molecule is COc1ccc2c(c1)CCCC2NC(=O)NCCC(=O)O. The molecule has 1 atom stereocenters. The highest BCUT2D eigenvalue weighted by Crippen LogP contribution is 2.32. The molecule has 0 spiro atoms. The summed E-state index contributed by atoms with van der Waals surface area (Å²) in [5.74, 6) is -0.106. The minimum absolute atomic E-state index is 0.0375. The Kier molecular flexibility index (Phi) is 5.03. The van der Waals surface area contributed by atoms with Crippen LogP contribution in [-0.4, -0.2) is 30.8 Å². The number of hydrogen-bond acceptors (Lipinski definition) is 3. The fraction of sp³-hybridized carbons (Fsp3) is 0.467. The molecule has 0 aromatic heterocycles. The summed E-state index contributed by atoms with van der Waals surface area (Å²) in [5, 5.41) is 14.0. The maximum Gasteiger partial charge on any atom is 0.315 e. The summed E-state index contributed by atoms with van der Waals surface area (Å²) >= 11 is 0. The third-order valence-electron chi connectivity index (χ3n) is 3.59. The summed E-state index contributed by atoms with van der Waals surface area (Å²) in [5.41, 5.74) is 2.30. The van der Waals surface area contributed by atoms with E-state index in [1.807, 2.05) is 18.2 Å². The molecular formula is C15H20N2O4. The number of aryl methyl sites for hydroxylation is 1. The molecule has 0 bridgehead atoms. The van der Waals surface area contributed by atoms with E-state index in [2.05, 4.69) is 10.6 Å². The van der Waals surface area contributed by atoms with E-state index >= 15 is 0 Å². The lowest BCUT2D eigenvalue weighted by atomic mass is 9.87. The summed E-state index contributed by atoms with van der Waals surface area (Å²) < 4.78 is 5.22. The molecule has 2 rings (SSSR count). The largest absolute Gasteiger partial charge is 0.497 e. The third-order valence-corrected chi connectivity index (χ3v) is 3.59. The van der Waals surface area contributed by atoms with Gasteiger partial charge in [-0.2, -0.15) is 0 Å². The summed E-state index contributed by atoms with van der Waals surface area (Å²) in [6.07, 6.45) is 2.78. The van der Waals surface area contributed by atoms with Crippen LogP contribution in [0.15, 0.2) is 18.2 Å². The number of amides is 2. The number of methoxy groups -OCH3 is 1. The normalized spacial score (nSPS) is 16.7. The zero-order chi connectivity index (χ0) is 15.2. The maximum atomic E-state index is 11.8. The number of ether oxygens (including phenoxy) is 1. The number of rotatable bonds is 5. The fourth-order valence-electron chi connectivity index (χ4n) is 2.56. The van der Waals surface area contributed by atoms with E-state index in [-0.39, 0.29) is 25.0 Å². The smallest absolute Gasteiger partial charge is 0.315 e. The highest BCUT2D eigenvalue weighted by atomic mass is 16.5. The Labute approximate surface area is 123 Å². The lowest BCUT2D eigenvalue weighted by Gasteiger charge is -2.26. The van der Waals surface area contributed by atoms with Gasteiger partial charge in [0.25, 0.3) is 0 Å². The van der Waals surface area contributed by atoms with Gasteiger partial charge >= 0.3 is 12.0 Å². The Morgan fingerprint density at radius 1 is 1.43 bits per heavy atom. The first-order valence-corrected chi connectivity index (χ1v) is 7.03. The fourth-order valence-corrected chi connectivity index (χ4v) is 2.56. The van der Waals surface area contributed by atoms with Gasteiger partial charge in [0, 0.05) is 6.54 Å². The molecule has 1 aliphatic carbocycles. The van der Waals surface area contributed by atoms with Gasteiger partial charge in [-0.1, -0.05) is 6.07 Å². The predicted molar refractivity (Wildman–Crippen MR) is 77.5 cm³/mol. The van der Waals surface area contributed by atoms with E-state index in [0.29, 0.717) is 0 Å². The number of carbonyl (C=O) groups is 2. The average molecular weight is 292 g/mol. The van der Waals surface area contributed by atoms with Gasteiger partial charge in [-0.25, -0.2) is 4.79 Å². The van der Waals surface area contributed by atoms with Crippen molar-refractivity contribution >= 4 is 12.0 Å². The number of benzene rings is 1. The van der Waals surface area contributed by atoms with Crippen molar-refractivity contribution < 1.29 is 19.4 Å². The molecule has 114 valence electrons. The van der Waals surface area contributed by atoms with Gasteiger partial charge in [0.05, 0.1) is 19.6 Å². The number of nitrogens with one attached hydrogen (secondary N) is 2. The predicted octanol–water partition coefficient (Wildman–Crippen LogP) is 1.85. The van der Waals surface area contributed by atoms with Gasteiger partial charge < -0.3 is 20.5 Å². The molecule has 1 aromatic rings. The summed E-state index contributed by atoms with van der Waals surface area (Å²) in [7, 11) is 1.64. The number of hydrogen-bond donors (Lipinski definition) is 3. The van der Waals surface area contributed by atoms with Gasteiger partial charge in [-0.05, 0) is 42.5 Å². The van der Waals surface area contributed by atoms with Crippen molar-refractivity contribution in [2.24, 2.45) is 0 Å². The Balaban J connectivity index is 1.96. The lowest BCUT2D eigenvalue weighted by molar-refractivity contribution is -0.136. The van der Waals surface area contributed by atoms with Crippen molar-refractivity contribution in [2.45, 2.75) is 31.7 Å². The second-order valence-corrected chi connectivity index (χ2v) is 5.05. The van der Waals surface area contributed by atoms with E-state index in [9.17, 15) is 9.59 Å². The van der Waals surface area contributed by atoms with E-state index in [0.717, 1.165) is 30.6 Å². The summed E-state index contributed by atoms with van der Waals surface area (Å²) in [4.78, 5) is 22.2.